The molecule has 262 valence electrons. The monoisotopic (exact) mass is 669 g/mol. The number of aryl methyl sites for hydroxylation is 1. The molecule has 0 aromatic heterocycles. The van der Waals surface area contributed by atoms with Crippen LogP contribution in [0.15, 0.2) is 107 Å². The SMILES string of the molecule is CCCOC(=O)C1=C(C)NC(C)=C(C(=O)OC(C)(C)CN(C)CCC(C)c2ccccc2)C1c1cccc([N+](=O)[O-])c1.Cc1ccccc1. The summed E-state index contributed by atoms with van der Waals surface area (Å²) >= 11 is 0. The Kier molecular flexibility index (Phi) is 14.3. The first kappa shape index (κ1) is 38.7. The fourth-order valence-electron chi connectivity index (χ4n) is 5.92. The molecule has 1 aliphatic heterocycles. The molecule has 4 rings (SSSR count). The van der Waals surface area contributed by atoms with Crippen molar-refractivity contribution in [2.24, 2.45) is 0 Å². The number of hydrogen-bond donors (Lipinski definition) is 1. The normalized spacial score (nSPS) is 15.2. The highest BCUT2D eigenvalue weighted by molar-refractivity contribution is 6.00. The summed E-state index contributed by atoms with van der Waals surface area (Å²) in [4.78, 5) is 40.4. The molecule has 1 heterocycles. The van der Waals surface area contributed by atoms with Gasteiger partial charge in [0, 0.05) is 30.1 Å². The second-order valence-corrected chi connectivity index (χ2v) is 13.3. The van der Waals surface area contributed by atoms with Crippen LogP contribution in [0.5, 0.6) is 0 Å². The van der Waals surface area contributed by atoms with E-state index < -0.39 is 28.4 Å². The predicted molar refractivity (Wildman–Crippen MR) is 194 cm³/mol. The molecule has 9 heteroatoms. The lowest BCUT2D eigenvalue weighted by Gasteiger charge is -2.34. The van der Waals surface area contributed by atoms with Gasteiger partial charge in [0.25, 0.3) is 5.69 Å². The van der Waals surface area contributed by atoms with Crippen molar-refractivity contribution in [2.45, 2.75) is 78.7 Å². The van der Waals surface area contributed by atoms with Crippen molar-refractivity contribution in [3.63, 3.8) is 0 Å². The lowest BCUT2D eigenvalue weighted by atomic mass is 9.80. The van der Waals surface area contributed by atoms with Gasteiger partial charge < -0.3 is 19.7 Å². The number of dihydropyridines is 1. The van der Waals surface area contributed by atoms with Gasteiger partial charge >= 0.3 is 11.9 Å². The van der Waals surface area contributed by atoms with Crippen molar-refractivity contribution in [3.05, 3.63) is 134 Å². The summed E-state index contributed by atoms with van der Waals surface area (Å²) in [6.45, 7) is 14.9. The highest BCUT2D eigenvalue weighted by Crippen LogP contribution is 2.40. The third-order valence-electron chi connectivity index (χ3n) is 8.32. The lowest BCUT2D eigenvalue weighted by Crippen LogP contribution is -2.42. The van der Waals surface area contributed by atoms with Gasteiger partial charge in [-0.2, -0.15) is 0 Å². The summed E-state index contributed by atoms with van der Waals surface area (Å²) in [5, 5.41) is 14.7. The van der Waals surface area contributed by atoms with E-state index in [0.717, 1.165) is 13.0 Å². The molecule has 2 atom stereocenters. The second-order valence-electron chi connectivity index (χ2n) is 13.3. The van der Waals surface area contributed by atoms with E-state index in [0.29, 0.717) is 35.8 Å². The van der Waals surface area contributed by atoms with Crippen LogP contribution in [0.4, 0.5) is 5.69 Å². The summed E-state index contributed by atoms with van der Waals surface area (Å²) in [6.07, 6.45) is 1.57. The number of carbonyl (C=O) groups is 2. The number of hydrogen-bond acceptors (Lipinski definition) is 8. The molecule has 2 unspecified atom stereocenters. The highest BCUT2D eigenvalue weighted by atomic mass is 16.6. The molecule has 0 fully saturated rings. The van der Waals surface area contributed by atoms with E-state index in [2.05, 4.69) is 48.3 Å². The molecule has 0 spiro atoms. The molecule has 1 N–H and O–H groups in total. The summed E-state index contributed by atoms with van der Waals surface area (Å²) in [5.41, 5.74) is 3.53. The smallest absolute Gasteiger partial charge is 0.337 e. The minimum atomic E-state index is -0.900. The Balaban J connectivity index is 0.000000823. The Morgan fingerprint density at radius 1 is 0.918 bits per heavy atom. The third kappa shape index (κ3) is 11.4. The largest absolute Gasteiger partial charge is 0.462 e. The number of carbonyl (C=O) groups excluding carboxylic acids is 2. The minimum Gasteiger partial charge on any atom is -0.462 e. The Labute approximate surface area is 291 Å². The molecule has 3 aromatic rings. The number of nitrogens with one attached hydrogen (secondary N) is 1. The number of nitro benzene ring substituents is 1. The molecule has 49 heavy (non-hydrogen) atoms. The standard InChI is InChI=1S/C33H43N3O6.C7H8/c1-8-19-41-31(37)28-23(3)34-24(4)29(30(28)26-15-12-16-27(20-26)36(39)40)32(38)42-33(5,6)21-35(7)18-17-22(2)25-13-10-9-11-14-25;1-7-5-3-2-4-6-7/h9-16,20,22,30,34H,8,17-19,21H2,1-7H3;2-6H,1H3. The van der Waals surface area contributed by atoms with Crippen LogP contribution in [0.1, 0.15) is 82.9 Å². The van der Waals surface area contributed by atoms with Gasteiger partial charge in [0.05, 0.1) is 28.6 Å². The molecule has 1 aliphatic rings. The van der Waals surface area contributed by atoms with E-state index in [-0.39, 0.29) is 23.4 Å². The van der Waals surface area contributed by atoms with Crippen molar-refractivity contribution < 1.29 is 24.0 Å². The molecule has 0 amide bonds. The minimum absolute atomic E-state index is 0.137. The number of allylic oxidation sites excluding steroid dienone is 2. The maximum atomic E-state index is 13.9. The fourth-order valence-corrected chi connectivity index (χ4v) is 5.92. The van der Waals surface area contributed by atoms with Crippen LogP contribution in [-0.4, -0.2) is 54.1 Å². The highest BCUT2D eigenvalue weighted by Gasteiger charge is 2.40. The van der Waals surface area contributed by atoms with Crippen molar-refractivity contribution in [2.75, 3.05) is 26.7 Å². The second kappa shape index (κ2) is 18.1. The molecule has 0 saturated heterocycles. The molecule has 0 aliphatic carbocycles. The molecule has 0 bridgehead atoms. The molecule has 0 saturated carbocycles. The molecule has 9 nitrogen and oxygen atoms in total. The van der Waals surface area contributed by atoms with Crippen LogP contribution < -0.4 is 5.32 Å². The van der Waals surface area contributed by atoms with Crippen molar-refractivity contribution in [1.82, 2.24) is 10.2 Å². The summed E-state index contributed by atoms with van der Waals surface area (Å²) in [5.74, 6) is -1.69. The van der Waals surface area contributed by atoms with E-state index in [1.54, 1.807) is 26.0 Å². The number of benzene rings is 3. The Morgan fingerprint density at radius 2 is 1.51 bits per heavy atom. The van der Waals surface area contributed by atoms with Gasteiger partial charge in [-0.25, -0.2) is 9.59 Å². The number of likely N-dealkylation sites (N-methyl/N-ethyl adjacent to an activating group) is 1. The number of esters is 2. The van der Waals surface area contributed by atoms with E-state index in [4.69, 9.17) is 9.47 Å². The first-order valence-corrected chi connectivity index (χ1v) is 16.8. The van der Waals surface area contributed by atoms with Gasteiger partial charge in [-0.1, -0.05) is 92.2 Å². The summed E-state index contributed by atoms with van der Waals surface area (Å²) in [6, 6.07) is 26.6. The zero-order valence-electron chi connectivity index (χ0n) is 30.1. The average molecular weight is 670 g/mol. The molecular weight excluding hydrogens is 618 g/mol. The van der Waals surface area contributed by atoms with Gasteiger partial charge in [-0.15, -0.1) is 0 Å². The maximum absolute atomic E-state index is 13.9. The lowest BCUT2D eigenvalue weighted by molar-refractivity contribution is -0.384. The number of nitrogens with zero attached hydrogens (tertiary/aromatic N) is 2. The van der Waals surface area contributed by atoms with Crippen molar-refractivity contribution in [3.8, 4) is 0 Å². The number of nitro groups is 1. The van der Waals surface area contributed by atoms with Crippen molar-refractivity contribution in [1.29, 1.82) is 0 Å². The number of ether oxygens (including phenoxy) is 2. The topological polar surface area (TPSA) is 111 Å². The van der Waals surface area contributed by atoms with Crippen LogP contribution in [0, 0.1) is 17.0 Å². The van der Waals surface area contributed by atoms with Crippen LogP contribution in [0.25, 0.3) is 0 Å². The van der Waals surface area contributed by atoms with Crippen LogP contribution >= 0.6 is 0 Å². The Bertz CT molecular complexity index is 1630. The zero-order chi connectivity index (χ0) is 36.1. The van der Waals surface area contributed by atoms with Gasteiger partial charge in [0.15, 0.2) is 0 Å². The molecular formula is C40H51N3O6. The van der Waals surface area contributed by atoms with Gasteiger partial charge in [-0.3, -0.25) is 10.1 Å². The fraction of sp³-hybridized carbons (Fsp3) is 0.400. The van der Waals surface area contributed by atoms with E-state index in [1.165, 1.54) is 23.3 Å². The Hall–Kier alpha value is -4.76. The molecule has 0 radical (unpaired) electrons. The number of non-ortho nitro benzene ring substituents is 1. The van der Waals surface area contributed by atoms with Crippen LogP contribution in [0.2, 0.25) is 0 Å². The van der Waals surface area contributed by atoms with Gasteiger partial charge in [-0.05, 0) is 78.1 Å². The maximum Gasteiger partial charge on any atom is 0.337 e. The predicted octanol–water partition coefficient (Wildman–Crippen LogP) is 8.23. The number of rotatable bonds is 13. The van der Waals surface area contributed by atoms with Crippen LogP contribution in [-0.2, 0) is 19.1 Å². The van der Waals surface area contributed by atoms with Gasteiger partial charge in [0.2, 0.25) is 0 Å². The quantitative estimate of drug-likeness (QED) is 0.110. The third-order valence-corrected chi connectivity index (χ3v) is 8.32. The average Bonchev–Trinajstić information content (AvgIpc) is 3.06. The van der Waals surface area contributed by atoms with Gasteiger partial charge in [0.1, 0.15) is 5.60 Å². The van der Waals surface area contributed by atoms with Crippen LogP contribution in [0.3, 0.4) is 0 Å². The first-order chi connectivity index (χ1) is 23.2. The molecule has 3 aromatic carbocycles. The van der Waals surface area contributed by atoms with E-state index in [9.17, 15) is 19.7 Å². The summed E-state index contributed by atoms with van der Waals surface area (Å²) in [7, 11) is 2.00. The Morgan fingerprint density at radius 3 is 2.06 bits per heavy atom. The zero-order valence-corrected chi connectivity index (χ0v) is 30.1. The van der Waals surface area contributed by atoms with E-state index in [1.807, 2.05) is 64.2 Å². The first-order valence-electron chi connectivity index (χ1n) is 16.8. The van der Waals surface area contributed by atoms with E-state index >= 15 is 0 Å². The van der Waals surface area contributed by atoms with Crippen molar-refractivity contribution >= 4 is 17.6 Å². The summed E-state index contributed by atoms with van der Waals surface area (Å²) < 4.78 is 11.6.